The monoisotopic (exact) mass is 385 g/mol. The molecule has 0 saturated carbocycles. The molecular weight excluding hydrogens is 358 g/mol. The molecule has 2 fully saturated rings. The highest BCUT2D eigenvalue weighted by atomic mass is 16.6. The zero-order valence-electron chi connectivity index (χ0n) is 16.8. The Morgan fingerprint density at radius 3 is 2.64 bits per heavy atom. The summed E-state index contributed by atoms with van der Waals surface area (Å²) < 4.78 is 16.8. The predicted octanol–water partition coefficient (Wildman–Crippen LogP) is 2.74. The van der Waals surface area contributed by atoms with Crippen LogP contribution in [0.3, 0.4) is 0 Å². The van der Waals surface area contributed by atoms with Gasteiger partial charge in [0.05, 0.1) is 38.3 Å². The minimum atomic E-state index is -0.718. The third-order valence-electron chi connectivity index (χ3n) is 6.03. The standard InChI is InChI=1S/C22H27NO5/c1-13(2)11-27-21(25)18-17-9-10-22(28-17)12-23(20(24)19(18)22)14(3)15-5-7-16(26-4)8-6-15/h5-10,13-14,17-19H,11-12H2,1-4H3/t14?,17-,18?,19+,22-/m1/s1. The molecule has 1 aromatic carbocycles. The lowest BCUT2D eigenvalue weighted by atomic mass is 9.77. The lowest BCUT2D eigenvalue weighted by Gasteiger charge is -2.27. The van der Waals surface area contributed by atoms with Crippen molar-refractivity contribution in [3.05, 3.63) is 42.0 Å². The molecular formula is C22H27NO5. The van der Waals surface area contributed by atoms with Crippen molar-refractivity contribution in [1.82, 2.24) is 4.90 Å². The predicted molar refractivity (Wildman–Crippen MR) is 103 cm³/mol. The van der Waals surface area contributed by atoms with Crippen molar-refractivity contribution in [2.75, 3.05) is 20.3 Å². The van der Waals surface area contributed by atoms with Gasteiger partial charge in [-0.15, -0.1) is 0 Å². The summed E-state index contributed by atoms with van der Waals surface area (Å²) in [6.45, 7) is 6.78. The van der Waals surface area contributed by atoms with Gasteiger partial charge in [0.1, 0.15) is 17.3 Å². The van der Waals surface area contributed by atoms with E-state index in [-0.39, 0.29) is 29.9 Å². The molecule has 1 spiro atoms. The summed E-state index contributed by atoms with van der Waals surface area (Å²) >= 11 is 0. The summed E-state index contributed by atoms with van der Waals surface area (Å²) in [4.78, 5) is 27.9. The van der Waals surface area contributed by atoms with E-state index in [0.29, 0.717) is 13.2 Å². The SMILES string of the molecule is COc1ccc(C(C)N2C[C@@]34C=C[C@@H](O3)C(C(=O)OCC(C)C)[C@H]4C2=O)cc1. The summed E-state index contributed by atoms with van der Waals surface area (Å²) in [5.74, 6) is -0.424. The smallest absolute Gasteiger partial charge is 0.312 e. The molecule has 2 unspecified atom stereocenters. The van der Waals surface area contributed by atoms with E-state index in [4.69, 9.17) is 14.2 Å². The zero-order valence-corrected chi connectivity index (χ0v) is 16.8. The molecule has 3 heterocycles. The third-order valence-corrected chi connectivity index (χ3v) is 6.03. The number of rotatable bonds is 6. The van der Waals surface area contributed by atoms with E-state index in [1.54, 1.807) is 7.11 Å². The highest BCUT2D eigenvalue weighted by Gasteiger charge is 2.67. The van der Waals surface area contributed by atoms with E-state index in [1.807, 2.05) is 62.1 Å². The van der Waals surface area contributed by atoms with Crippen LogP contribution >= 0.6 is 0 Å². The van der Waals surface area contributed by atoms with Gasteiger partial charge in [-0.25, -0.2) is 0 Å². The largest absolute Gasteiger partial charge is 0.497 e. The van der Waals surface area contributed by atoms with E-state index in [0.717, 1.165) is 11.3 Å². The van der Waals surface area contributed by atoms with Crippen molar-refractivity contribution in [2.45, 2.75) is 38.5 Å². The number of esters is 1. The Balaban J connectivity index is 1.56. The Kier molecular flexibility index (Phi) is 4.70. The number of nitrogens with zero attached hydrogens (tertiary/aromatic N) is 1. The fraction of sp³-hybridized carbons (Fsp3) is 0.545. The van der Waals surface area contributed by atoms with Crippen LogP contribution in [0.1, 0.15) is 32.4 Å². The number of hydrogen-bond acceptors (Lipinski definition) is 5. The molecule has 2 saturated heterocycles. The average Bonchev–Trinajstić information content (AvgIpc) is 3.34. The summed E-state index contributed by atoms with van der Waals surface area (Å²) in [7, 11) is 1.63. The Labute approximate surface area is 165 Å². The number of fused-ring (bicyclic) bond motifs is 1. The number of amides is 1. The highest BCUT2D eigenvalue weighted by molar-refractivity contribution is 5.91. The molecule has 2 bridgehead atoms. The summed E-state index contributed by atoms with van der Waals surface area (Å²) in [6.07, 6.45) is 3.51. The maximum atomic E-state index is 13.3. The first-order valence-corrected chi connectivity index (χ1v) is 9.84. The van der Waals surface area contributed by atoms with E-state index in [2.05, 4.69) is 0 Å². The van der Waals surface area contributed by atoms with E-state index in [9.17, 15) is 9.59 Å². The van der Waals surface area contributed by atoms with Crippen LogP contribution in [0.4, 0.5) is 0 Å². The number of hydrogen-bond donors (Lipinski definition) is 0. The van der Waals surface area contributed by atoms with Crippen molar-refractivity contribution < 1.29 is 23.8 Å². The molecule has 6 nitrogen and oxygen atoms in total. The average molecular weight is 385 g/mol. The second-order valence-corrected chi connectivity index (χ2v) is 8.34. The van der Waals surface area contributed by atoms with Crippen LogP contribution in [0.15, 0.2) is 36.4 Å². The van der Waals surface area contributed by atoms with Crippen LogP contribution in [-0.2, 0) is 19.1 Å². The fourth-order valence-electron chi connectivity index (χ4n) is 4.53. The molecule has 5 atom stereocenters. The maximum absolute atomic E-state index is 13.3. The molecule has 0 aromatic heterocycles. The molecule has 150 valence electrons. The van der Waals surface area contributed by atoms with Crippen LogP contribution in [0.5, 0.6) is 5.75 Å². The zero-order chi connectivity index (χ0) is 20.1. The maximum Gasteiger partial charge on any atom is 0.312 e. The summed E-state index contributed by atoms with van der Waals surface area (Å²) in [5.41, 5.74) is 0.298. The minimum absolute atomic E-state index is 0.0401. The number of carbonyl (C=O) groups excluding carboxylic acids is 2. The fourth-order valence-corrected chi connectivity index (χ4v) is 4.53. The van der Waals surface area contributed by atoms with Crippen molar-refractivity contribution in [3.8, 4) is 5.75 Å². The number of ether oxygens (including phenoxy) is 3. The Bertz CT molecular complexity index is 802. The van der Waals surface area contributed by atoms with Gasteiger partial charge in [-0.2, -0.15) is 0 Å². The summed E-state index contributed by atoms with van der Waals surface area (Å²) in [5, 5.41) is 0. The third kappa shape index (κ3) is 2.91. The number of benzene rings is 1. The van der Waals surface area contributed by atoms with Crippen molar-refractivity contribution in [1.29, 1.82) is 0 Å². The van der Waals surface area contributed by atoms with Crippen molar-refractivity contribution >= 4 is 11.9 Å². The van der Waals surface area contributed by atoms with E-state index >= 15 is 0 Å². The molecule has 3 aliphatic rings. The van der Waals surface area contributed by atoms with E-state index < -0.39 is 17.4 Å². The van der Waals surface area contributed by atoms with Crippen LogP contribution in [0.2, 0.25) is 0 Å². The quantitative estimate of drug-likeness (QED) is 0.557. The number of likely N-dealkylation sites (tertiary alicyclic amines) is 1. The van der Waals surface area contributed by atoms with E-state index in [1.165, 1.54) is 0 Å². The topological polar surface area (TPSA) is 65.1 Å². The van der Waals surface area contributed by atoms with Gasteiger partial charge in [-0.3, -0.25) is 9.59 Å². The van der Waals surface area contributed by atoms with Gasteiger partial charge in [-0.1, -0.05) is 38.1 Å². The molecule has 4 rings (SSSR count). The van der Waals surface area contributed by atoms with Crippen LogP contribution < -0.4 is 4.74 Å². The second-order valence-electron chi connectivity index (χ2n) is 8.34. The van der Waals surface area contributed by atoms with Crippen molar-refractivity contribution in [2.24, 2.45) is 17.8 Å². The van der Waals surface area contributed by atoms with Crippen molar-refractivity contribution in [3.63, 3.8) is 0 Å². The van der Waals surface area contributed by atoms with Gasteiger partial charge in [-0.05, 0) is 30.5 Å². The Morgan fingerprint density at radius 2 is 2.00 bits per heavy atom. The Morgan fingerprint density at radius 1 is 1.29 bits per heavy atom. The van der Waals surface area contributed by atoms with Gasteiger partial charge in [0.15, 0.2) is 0 Å². The normalized spacial score (nSPS) is 31.4. The number of carbonyl (C=O) groups is 2. The first kappa shape index (κ1) is 19.0. The molecule has 0 aliphatic carbocycles. The molecule has 1 amide bonds. The second kappa shape index (κ2) is 6.92. The van der Waals surface area contributed by atoms with Gasteiger partial charge in [0.25, 0.3) is 0 Å². The lowest BCUT2D eigenvalue weighted by molar-refractivity contribution is -0.155. The summed E-state index contributed by atoms with van der Waals surface area (Å²) in [6, 6.07) is 7.58. The van der Waals surface area contributed by atoms with Crippen LogP contribution in [-0.4, -0.2) is 48.7 Å². The Hall–Kier alpha value is -2.34. The molecule has 3 aliphatic heterocycles. The molecule has 28 heavy (non-hydrogen) atoms. The van der Waals surface area contributed by atoms with Crippen LogP contribution in [0, 0.1) is 17.8 Å². The number of methoxy groups -OCH3 is 1. The minimum Gasteiger partial charge on any atom is -0.497 e. The molecule has 1 aromatic rings. The molecule has 6 heteroatoms. The lowest BCUT2D eigenvalue weighted by Crippen LogP contribution is -2.40. The first-order chi connectivity index (χ1) is 13.4. The van der Waals surface area contributed by atoms with Crippen LogP contribution in [0.25, 0.3) is 0 Å². The van der Waals surface area contributed by atoms with Gasteiger partial charge in [0.2, 0.25) is 5.91 Å². The van der Waals surface area contributed by atoms with Gasteiger partial charge < -0.3 is 19.1 Å². The first-order valence-electron chi connectivity index (χ1n) is 9.84. The molecule has 0 N–H and O–H groups in total. The van der Waals surface area contributed by atoms with Gasteiger partial charge in [0, 0.05) is 0 Å². The molecule has 0 radical (unpaired) electrons. The highest BCUT2D eigenvalue weighted by Crippen LogP contribution is 2.53. The van der Waals surface area contributed by atoms with Gasteiger partial charge >= 0.3 is 5.97 Å².